The van der Waals surface area contributed by atoms with Gasteiger partial charge in [0.15, 0.2) is 0 Å². The Morgan fingerprint density at radius 3 is 2.43 bits per heavy atom. The van der Waals surface area contributed by atoms with E-state index in [1.165, 1.54) is 0 Å². The molecule has 1 aliphatic carbocycles. The van der Waals surface area contributed by atoms with E-state index in [0.717, 1.165) is 18.4 Å². The minimum atomic E-state index is -0.658. The van der Waals surface area contributed by atoms with Crippen molar-refractivity contribution in [1.29, 1.82) is 0 Å². The van der Waals surface area contributed by atoms with Gasteiger partial charge >= 0.3 is 94.4 Å². The first-order valence-corrected chi connectivity index (χ1v) is 5.41. The van der Waals surface area contributed by atoms with Crippen molar-refractivity contribution < 1.29 is 23.5 Å². The van der Waals surface area contributed by atoms with Crippen molar-refractivity contribution in [2.24, 2.45) is 10.4 Å². The van der Waals surface area contributed by atoms with Crippen LogP contribution in [-0.2, 0) is 17.0 Å². The molecule has 0 radical (unpaired) electrons. The van der Waals surface area contributed by atoms with Gasteiger partial charge in [-0.25, -0.2) is 0 Å². The van der Waals surface area contributed by atoms with Gasteiger partial charge in [-0.1, -0.05) is 0 Å². The van der Waals surface area contributed by atoms with Crippen LogP contribution >= 0.6 is 0 Å². The summed E-state index contributed by atoms with van der Waals surface area (Å²) in [5, 5.41) is 9.70. The molecule has 79 valence electrons. The number of aliphatic hydroxyl groups is 1. The van der Waals surface area contributed by atoms with Crippen molar-refractivity contribution in [1.82, 2.24) is 0 Å². The van der Waals surface area contributed by atoms with Gasteiger partial charge in [0.25, 0.3) is 0 Å². The predicted octanol–water partition coefficient (Wildman–Crippen LogP) is 1.91. The van der Waals surface area contributed by atoms with Gasteiger partial charge in [0.1, 0.15) is 0 Å². The molecule has 0 aromatic rings. The van der Waals surface area contributed by atoms with Crippen LogP contribution in [-0.4, -0.2) is 21.3 Å². The molecule has 3 heteroatoms. The average Bonchev–Trinajstić information content (AvgIpc) is 2.78. The summed E-state index contributed by atoms with van der Waals surface area (Å²) >= 11 is 2.32. The molecule has 0 heterocycles. The van der Waals surface area contributed by atoms with Crippen molar-refractivity contribution in [3.8, 4) is 0 Å². The van der Waals surface area contributed by atoms with Crippen LogP contribution in [0.25, 0.3) is 0 Å². The third-order valence-electron chi connectivity index (χ3n) is 2.33. The van der Waals surface area contributed by atoms with Crippen molar-refractivity contribution in [3.05, 3.63) is 12.2 Å². The molecule has 0 unspecified atom stereocenters. The molecule has 0 spiro atoms. The monoisotopic (exact) mass is 232 g/mol. The molecule has 2 nitrogen and oxygen atoms in total. The molecule has 0 bridgehead atoms. The Balaban J connectivity index is 0.00000196. The van der Waals surface area contributed by atoms with Crippen LogP contribution in [0.1, 0.15) is 35.0 Å². The molecule has 1 fully saturated rings. The van der Waals surface area contributed by atoms with Gasteiger partial charge in [-0.15, -0.1) is 0 Å². The molecule has 0 saturated heterocycles. The van der Waals surface area contributed by atoms with E-state index >= 15 is 0 Å². The molecule has 0 aromatic carbocycles. The second-order valence-corrected chi connectivity index (χ2v) is 5.48. The Hall–Kier alpha value is -0.176. The van der Waals surface area contributed by atoms with E-state index in [9.17, 15) is 5.11 Å². The zero-order valence-electron chi connectivity index (χ0n) is 8.91. The van der Waals surface area contributed by atoms with Gasteiger partial charge in [-0.2, -0.15) is 0 Å². The summed E-state index contributed by atoms with van der Waals surface area (Å²) in [7, 11) is 0. The Bertz CT molecular complexity index is 281. The van der Waals surface area contributed by atoms with Gasteiger partial charge in [-0.3, -0.25) is 0 Å². The Kier molecular flexibility index (Phi) is 3.20. The first kappa shape index (κ1) is 11.9. The molecule has 14 heavy (non-hydrogen) atoms. The maximum absolute atomic E-state index is 9.70. The summed E-state index contributed by atoms with van der Waals surface area (Å²) < 4.78 is 0.706. The summed E-state index contributed by atoms with van der Waals surface area (Å²) in [6.07, 6.45) is 3.26. The topological polar surface area (TPSA) is 32.6 Å². The summed E-state index contributed by atoms with van der Waals surface area (Å²) in [4.78, 5) is 4.18. The van der Waals surface area contributed by atoms with Gasteiger partial charge in [-0.05, 0) is 0 Å². The van der Waals surface area contributed by atoms with Gasteiger partial charge in [0.2, 0.25) is 0 Å². The van der Waals surface area contributed by atoms with E-state index in [1.807, 2.05) is 20.8 Å². The Morgan fingerprint density at radius 2 is 2.07 bits per heavy atom. The van der Waals surface area contributed by atoms with E-state index in [1.54, 1.807) is 6.21 Å². The molecular formula is C11H18NOV-. The molecule has 0 aromatic heterocycles. The second-order valence-electron chi connectivity index (χ2n) is 4.82. The van der Waals surface area contributed by atoms with Gasteiger partial charge < -0.3 is 0 Å². The Labute approximate surface area is 96.1 Å². The molecule has 1 saturated carbocycles. The number of allylic oxidation sites excluding steroid dienone is 1. The first-order chi connectivity index (χ1) is 6.26. The van der Waals surface area contributed by atoms with Crippen LogP contribution in [0.2, 0.25) is 0 Å². The third-order valence-corrected chi connectivity index (χ3v) is 3.16. The van der Waals surface area contributed by atoms with E-state index in [4.69, 9.17) is 6.58 Å². The van der Waals surface area contributed by atoms with E-state index in [0.29, 0.717) is 4.35 Å². The number of nitrogens with zero attached hydrogens (tertiary/aromatic N) is 1. The number of hydrogen-bond donors (Lipinski definition) is 1. The van der Waals surface area contributed by atoms with Crippen molar-refractivity contribution in [2.75, 3.05) is 0 Å². The second kappa shape index (κ2) is 3.76. The standard InChI is InChI=1S/C11H16NO.V.H2/c1-9(10(2,3)4)7-12-8-11(13)5-6-11;;/h1,7,13H,5-6H2,2-4H3;;1H/q-1;;/i;;1+1. The number of aliphatic imine (C=N–C) groups is 1. The zero-order valence-corrected chi connectivity index (χ0v) is 10.3. The van der Waals surface area contributed by atoms with Crippen molar-refractivity contribution >= 4 is 10.6 Å². The average molecular weight is 232 g/mol. The Morgan fingerprint density at radius 1 is 1.57 bits per heavy atom. The van der Waals surface area contributed by atoms with Crippen LogP contribution in [0.4, 0.5) is 0 Å². The number of rotatable bonds is 3. The molecule has 0 amide bonds. The van der Waals surface area contributed by atoms with Crippen molar-refractivity contribution in [2.45, 2.75) is 39.2 Å². The number of hydrogen-bond acceptors (Lipinski definition) is 2. The molecule has 0 aliphatic heterocycles. The quantitative estimate of drug-likeness (QED) is 0.585. The summed E-state index contributed by atoms with van der Waals surface area (Å²) in [6.45, 7) is 11.9. The maximum atomic E-state index is 9.70. The van der Waals surface area contributed by atoms with Gasteiger partial charge in [0, 0.05) is 1.43 Å². The summed E-state index contributed by atoms with van der Waals surface area (Å²) in [5.74, 6) is 0. The predicted molar refractivity (Wildman–Crippen MR) is 57.1 cm³/mol. The fourth-order valence-electron chi connectivity index (χ4n) is 0.786. The summed E-state index contributed by atoms with van der Waals surface area (Å²) in [5.41, 5.74) is 0.00254. The van der Waals surface area contributed by atoms with Crippen LogP contribution in [0, 0.1) is 12.0 Å². The molecule has 0 atom stereocenters. The van der Waals surface area contributed by atoms with E-state index in [2.05, 4.69) is 22.0 Å². The van der Waals surface area contributed by atoms with Gasteiger partial charge in [0.05, 0.1) is 0 Å². The fraction of sp³-hybridized carbons (Fsp3) is 0.636. The molecule has 1 rings (SSSR count). The minimum absolute atomic E-state index is 0. The normalized spacial score (nSPS) is 19.6. The van der Waals surface area contributed by atoms with E-state index in [-0.39, 0.29) is 6.84 Å². The van der Waals surface area contributed by atoms with Crippen LogP contribution in [0.3, 0.4) is 0 Å². The molecular weight excluding hydrogens is 213 g/mol. The van der Waals surface area contributed by atoms with Crippen LogP contribution in [0.15, 0.2) is 10.6 Å². The SMILES string of the molecule is [2HH].[CH-]=C(C=N[C](=[V])C1(O)CC1)C(C)(C)C. The molecule has 1 aliphatic rings. The first-order valence-electron chi connectivity index (χ1n) is 4.71. The van der Waals surface area contributed by atoms with Crippen LogP contribution in [0.5, 0.6) is 0 Å². The van der Waals surface area contributed by atoms with Crippen LogP contribution < -0.4 is 0 Å². The van der Waals surface area contributed by atoms with Crippen molar-refractivity contribution in [3.63, 3.8) is 0 Å². The zero-order chi connectivity index (χ0) is 11.0. The fourth-order valence-corrected chi connectivity index (χ4v) is 1.23. The third kappa shape index (κ3) is 2.91. The molecule has 1 N–H and O–H groups in total. The van der Waals surface area contributed by atoms with E-state index < -0.39 is 5.60 Å². The summed E-state index contributed by atoms with van der Waals surface area (Å²) in [6, 6.07) is 0.